The van der Waals surface area contributed by atoms with E-state index in [1.807, 2.05) is 17.0 Å². The summed E-state index contributed by atoms with van der Waals surface area (Å²) in [5, 5.41) is 3.41. The maximum absolute atomic E-state index is 12.7. The Labute approximate surface area is 153 Å². The second kappa shape index (κ2) is 7.41. The number of hydrogen-bond donors (Lipinski definition) is 1. The molecular weight excluding hydrogens is 328 g/mol. The van der Waals surface area contributed by atoms with Crippen LogP contribution in [0.25, 0.3) is 0 Å². The fourth-order valence-corrected chi connectivity index (χ4v) is 3.60. The van der Waals surface area contributed by atoms with Crippen molar-refractivity contribution in [1.82, 2.24) is 14.9 Å². The van der Waals surface area contributed by atoms with Gasteiger partial charge in [0.15, 0.2) is 0 Å². The van der Waals surface area contributed by atoms with Crippen LogP contribution in [-0.4, -0.2) is 46.6 Å². The summed E-state index contributed by atoms with van der Waals surface area (Å²) in [6.07, 6.45) is 4.66. The molecule has 0 aliphatic carbocycles. The Morgan fingerprint density at radius 1 is 1.19 bits per heavy atom. The summed E-state index contributed by atoms with van der Waals surface area (Å²) in [7, 11) is 0. The number of benzene rings is 1. The highest BCUT2D eigenvalue weighted by Crippen LogP contribution is 2.25. The molecule has 1 fully saturated rings. The molecule has 1 aromatic heterocycles. The van der Waals surface area contributed by atoms with Crippen molar-refractivity contribution >= 4 is 17.4 Å². The quantitative estimate of drug-likeness (QED) is 0.920. The molecule has 136 valence electrons. The first kappa shape index (κ1) is 17.0. The molecule has 1 saturated heterocycles. The first-order valence-corrected chi connectivity index (χ1v) is 9.27. The summed E-state index contributed by atoms with van der Waals surface area (Å²) in [5.74, 6) is 0.960. The number of aryl methyl sites for hydroxylation is 1. The van der Waals surface area contributed by atoms with Gasteiger partial charge >= 0.3 is 0 Å². The summed E-state index contributed by atoms with van der Waals surface area (Å²) in [6.45, 7) is 4.13. The Morgan fingerprint density at radius 3 is 2.77 bits per heavy atom. The third-order valence-corrected chi connectivity index (χ3v) is 5.12. The van der Waals surface area contributed by atoms with Crippen molar-refractivity contribution in [1.29, 1.82) is 0 Å². The molecule has 0 spiro atoms. The van der Waals surface area contributed by atoms with Crippen molar-refractivity contribution in [2.24, 2.45) is 0 Å². The molecule has 0 saturated carbocycles. The summed E-state index contributed by atoms with van der Waals surface area (Å²) >= 11 is 0. The Balaban J connectivity index is 1.51. The Hall–Kier alpha value is -2.47. The van der Waals surface area contributed by atoms with Crippen molar-refractivity contribution < 1.29 is 9.53 Å². The summed E-state index contributed by atoms with van der Waals surface area (Å²) < 4.78 is 5.57. The molecule has 6 nitrogen and oxygen atoms in total. The Bertz CT molecular complexity index is 785. The number of amides is 1. The van der Waals surface area contributed by atoms with Crippen LogP contribution in [0, 0.1) is 6.92 Å². The maximum atomic E-state index is 12.7. The third-order valence-electron chi connectivity index (χ3n) is 5.12. The minimum atomic E-state index is -0.257. The van der Waals surface area contributed by atoms with Crippen LogP contribution in [0.5, 0.6) is 0 Å². The number of ether oxygens (including phenoxy) is 1. The number of hydrogen-bond acceptors (Lipinski definition) is 5. The van der Waals surface area contributed by atoms with Gasteiger partial charge in [-0.1, -0.05) is 17.7 Å². The Kier molecular flexibility index (Phi) is 4.84. The number of aromatic nitrogens is 2. The minimum Gasteiger partial charge on any atom is -0.368 e. The number of rotatable bonds is 3. The molecule has 1 amide bonds. The average Bonchev–Trinajstić information content (AvgIpc) is 3.10. The number of anilines is 2. The predicted octanol–water partition coefficient (Wildman–Crippen LogP) is 2.63. The predicted molar refractivity (Wildman–Crippen MR) is 99.5 cm³/mol. The number of nitrogens with zero attached hydrogens (tertiary/aromatic N) is 3. The lowest BCUT2D eigenvalue weighted by Crippen LogP contribution is -2.40. The monoisotopic (exact) mass is 352 g/mol. The van der Waals surface area contributed by atoms with Gasteiger partial charge in [0.2, 0.25) is 0 Å². The second-order valence-corrected chi connectivity index (χ2v) is 6.97. The molecule has 2 aliphatic rings. The third kappa shape index (κ3) is 3.55. The number of carbonyl (C=O) groups is 1. The summed E-state index contributed by atoms with van der Waals surface area (Å²) in [5.41, 5.74) is 4.36. The van der Waals surface area contributed by atoms with E-state index in [1.165, 1.54) is 5.56 Å². The zero-order valence-corrected chi connectivity index (χ0v) is 15.1. The standard InChI is InChI=1S/C20H24N4O2/c1-14-4-6-15(7-5-14)23-19-16-8-10-24(11-9-17(16)21-13-22-19)20(25)18-3-2-12-26-18/h4-7,13,18H,2-3,8-12H2,1H3,(H,21,22,23). The van der Waals surface area contributed by atoms with Crippen LogP contribution in [0.1, 0.15) is 29.7 Å². The highest BCUT2D eigenvalue weighted by molar-refractivity contribution is 5.81. The van der Waals surface area contributed by atoms with E-state index in [4.69, 9.17) is 4.74 Å². The molecule has 1 N–H and O–H groups in total. The van der Waals surface area contributed by atoms with Gasteiger partial charge in [-0.3, -0.25) is 4.79 Å². The summed E-state index contributed by atoms with van der Waals surface area (Å²) in [4.78, 5) is 23.5. The number of nitrogens with one attached hydrogen (secondary N) is 1. The Morgan fingerprint density at radius 2 is 2.00 bits per heavy atom. The first-order chi connectivity index (χ1) is 12.7. The van der Waals surface area contributed by atoms with E-state index in [9.17, 15) is 4.79 Å². The van der Waals surface area contributed by atoms with Gasteiger partial charge in [0.1, 0.15) is 18.2 Å². The van der Waals surface area contributed by atoms with Crippen molar-refractivity contribution in [3.63, 3.8) is 0 Å². The molecule has 2 aromatic rings. The maximum Gasteiger partial charge on any atom is 0.251 e. The number of carbonyl (C=O) groups excluding carboxylic acids is 1. The zero-order chi connectivity index (χ0) is 17.9. The fraction of sp³-hybridized carbons (Fsp3) is 0.450. The summed E-state index contributed by atoms with van der Waals surface area (Å²) in [6, 6.07) is 8.25. The minimum absolute atomic E-state index is 0.122. The van der Waals surface area contributed by atoms with Gasteiger partial charge in [-0.05, 0) is 38.3 Å². The zero-order valence-electron chi connectivity index (χ0n) is 15.1. The van der Waals surface area contributed by atoms with Crippen molar-refractivity contribution in [2.75, 3.05) is 25.0 Å². The second-order valence-electron chi connectivity index (χ2n) is 6.97. The van der Waals surface area contributed by atoms with Gasteiger partial charge < -0.3 is 15.0 Å². The molecule has 26 heavy (non-hydrogen) atoms. The van der Waals surface area contributed by atoms with E-state index in [0.29, 0.717) is 19.7 Å². The fourth-order valence-electron chi connectivity index (χ4n) is 3.60. The van der Waals surface area contributed by atoms with Gasteiger partial charge in [0, 0.05) is 37.4 Å². The van der Waals surface area contributed by atoms with E-state index >= 15 is 0 Å². The van der Waals surface area contributed by atoms with Crippen LogP contribution >= 0.6 is 0 Å². The van der Waals surface area contributed by atoms with Gasteiger partial charge in [0.05, 0.1) is 5.69 Å². The molecule has 0 bridgehead atoms. The molecular formula is C20H24N4O2. The largest absolute Gasteiger partial charge is 0.368 e. The molecule has 1 unspecified atom stereocenters. The SMILES string of the molecule is Cc1ccc(Nc2ncnc3c2CCN(C(=O)C2CCCO2)CC3)cc1. The van der Waals surface area contributed by atoms with E-state index < -0.39 is 0 Å². The first-order valence-electron chi connectivity index (χ1n) is 9.27. The van der Waals surface area contributed by atoms with E-state index in [1.54, 1.807) is 6.33 Å². The molecule has 0 radical (unpaired) electrons. The molecule has 4 rings (SSSR count). The van der Waals surface area contributed by atoms with Crippen LogP contribution in [-0.2, 0) is 22.4 Å². The van der Waals surface area contributed by atoms with E-state index in [0.717, 1.165) is 48.4 Å². The normalized spacial score (nSPS) is 19.7. The lowest BCUT2D eigenvalue weighted by Gasteiger charge is -2.23. The van der Waals surface area contributed by atoms with E-state index in [2.05, 4.69) is 34.3 Å². The van der Waals surface area contributed by atoms with Crippen molar-refractivity contribution in [2.45, 2.75) is 38.7 Å². The molecule has 6 heteroatoms. The molecule has 1 atom stereocenters. The highest BCUT2D eigenvalue weighted by atomic mass is 16.5. The number of fused-ring (bicyclic) bond motifs is 1. The topological polar surface area (TPSA) is 67.4 Å². The van der Waals surface area contributed by atoms with Crippen LogP contribution in [0.4, 0.5) is 11.5 Å². The van der Waals surface area contributed by atoms with Gasteiger partial charge in [-0.2, -0.15) is 0 Å². The van der Waals surface area contributed by atoms with Gasteiger partial charge in [-0.15, -0.1) is 0 Å². The highest BCUT2D eigenvalue weighted by Gasteiger charge is 2.30. The van der Waals surface area contributed by atoms with Crippen LogP contribution in [0.15, 0.2) is 30.6 Å². The smallest absolute Gasteiger partial charge is 0.251 e. The molecule has 3 heterocycles. The van der Waals surface area contributed by atoms with Gasteiger partial charge in [0.25, 0.3) is 5.91 Å². The molecule has 2 aliphatic heterocycles. The lowest BCUT2D eigenvalue weighted by atomic mass is 10.1. The van der Waals surface area contributed by atoms with Crippen molar-refractivity contribution in [3.05, 3.63) is 47.4 Å². The van der Waals surface area contributed by atoms with Gasteiger partial charge in [-0.25, -0.2) is 9.97 Å². The van der Waals surface area contributed by atoms with E-state index in [-0.39, 0.29) is 12.0 Å². The van der Waals surface area contributed by atoms with Crippen LogP contribution in [0.3, 0.4) is 0 Å². The van der Waals surface area contributed by atoms with Crippen LogP contribution in [0.2, 0.25) is 0 Å². The lowest BCUT2D eigenvalue weighted by molar-refractivity contribution is -0.140. The van der Waals surface area contributed by atoms with Crippen molar-refractivity contribution in [3.8, 4) is 0 Å². The van der Waals surface area contributed by atoms with Crippen LogP contribution < -0.4 is 5.32 Å². The molecule has 1 aromatic carbocycles. The average molecular weight is 352 g/mol.